The molecule has 2 aromatic rings. The molecule has 1 unspecified atom stereocenters. The molecule has 0 saturated heterocycles. The van der Waals surface area contributed by atoms with Crippen molar-refractivity contribution in [1.82, 2.24) is 10.8 Å². The Morgan fingerprint density at radius 3 is 2.44 bits per heavy atom. The number of hydroxylamine groups is 1. The Hall–Kier alpha value is -1.95. The lowest BCUT2D eigenvalue weighted by Gasteiger charge is -2.37. The highest BCUT2D eigenvalue weighted by molar-refractivity contribution is 6.02. The minimum Gasteiger partial charge on any atom is -0.269 e. The Labute approximate surface area is 149 Å². The molecule has 0 aliphatic carbocycles. The van der Waals surface area contributed by atoms with Crippen molar-refractivity contribution in [2.24, 2.45) is 16.1 Å². The van der Waals surface area contributed by atoms with Crippen LogP contribution in [0.5, 0.6) is 0 Å². The van der Waals surface area contributed by atoms with Gasteiger partial charge in [-0.2, -0.15) is 0 Å². The first-order chi connectivity index (χ1) is 11.6. The van der Waals surface area contributed by atoms with E-state index in [9.17, 15) is 0 Å². The summed E-state index contributed by atoms with van der Waals surface area (Å²) in [5.41, 5.74) is 10.1. The molecule has 0 bridgehead atoms. The van der Waals surface area contributed by atoms with Gasteiger partial charge in [0.1, 0.15) is 0 Å². The number of benzene rings is 2. The first kappa shape index (κ1) is 17.9. The summed E-state index contributed by atoms with van der Waals surface area (Å²) in [6.07, 6.45) is 0.934. The van der Waals surface area contributed by atoms with Crippen molar-refractivity contribution >= 4 is 16.6 Å². The molecule has 1 aliphatic rings. The van der Waals surface area contributed by atoms with Crippen LogP contribution in [-0.4, -0.2) is 17.3 Å². The quantitative estimate of drug-likeness (QED) is 0.745. The van der Waals surface area contributed by atoms with Crippen molar-refractivity contribution in [3.8, 4) is 0 Å². The lowest BCUT2D eigenvalue weighted by Crippen LogP contribution is -2.61. The molecule has 4 N–H and O–H groups in total. The molecule has 0 saturated carbocycles. The molecule has 2 aromatic carbocycles. The third kappa shape index (κ3) is 4.37. The van der Waals surface area contributed by atoms with Crippen LogP contribution in [0.3, 0.4) is 0 Å². The molecule has 3 rings (SSSR count). The number of fused-ring (bicyclic) bond motifs is 1. The summed E-state index contributed by atoms with van der Waals surface area (Å²) in [6.45, 7) is 10.8. The number of nitrogens with two attached hydrogens (primary N) is 1. The second-order valence-corrected chi connectivity index (χ2v) is 8.67. The number of rotatable bonds is 4. The average Bonchev–Trinajstić information content (AvgIpc) is 2.85. The van der Waals surface area contributed by atoms with Gasteiger partial charge in [-0.25, -0.2) is 20.6 Å². The van der Waals surface area contributed by atoms with E-state index in [1.807, 2.05) is 18.2 Å². The first-order valence-corrected chi connectivity index (χ1v) is 8.67. The summed E-state index contributed by atoms with van der Waals surface area (Å²) in [4.78, 5) is 10.1. The Balaban J connectivity index is 1.82. The zero-order valence-electron chi connectivity index (χ0n) is 15.7. The SMILES string of the molecule is CC(C)(C)CC(C)(C)NC1(N)N=C(c2ccc3ccccc3c2)NO1. The lowest BCUT2D eigenvalue weighted by molar-refractivity contribution is -0.0923. The van der Waals surface area contributed by atoms with Gasteiger partial charge < -0.3 is 0 Å². The molecule has 5 nitrogen and oxygen atoms in total. The summed E-state index contributed by atoms with van der Waals surface area (Å²) in [5.74, 6) is -0.650. The molecule has 1 atom stereocenters. The zero-order chi connectivity index (χ0) is 18.3. The Kier molecular flexibility index (Phi) is 4.35. The van der Waals surface area contributed by atoms with Gasteiger partial charge in [-0.15, -0.1) is 0 Å². The number of amidine groups is 1. The van der Waals surface area contributed by atoms with Crippen LogP contribution >= 0.6 is 0 Å². The maximum absolute atomic E-state index is 6.32. The van der Waals surface area contributed by atoms with Gasteiger partial charge >= 0.3 is 0 Å². The van der Waals surface area contributed by atoms with E-state index in [2.05, 4.69) is 74.7 Å². The zero-order valence-corrected chi connectivity index (χ0v) is 15.7. The van der Waals surface area contributed by atoms with Crippen LogP contribution in [0.1, 0.15) is 46.6 Å². The fourth-order valence-electron chi connectivity index (χ4n) is 3.71. The molecule has 5 heteroatoms. The molecule has 0 radical (unpaired) electrons. The summed E-state index contributed by atoms with van der Waals surface area (Å²) in [5, 5.41) is 5.67. The standard InChI is InChI=1S/C20H28N4O/c1-18(2,3)13-19(4,5)24-20(21)22-17(23-25-20)16-11-10-14-8-6-7-9-15(14)12-16/h6-12,24H,13,21H2,1-5H3,(H,22,23). The monoisotopic (exact) mass is 340 g/mol. The summed E-state index contributed by atoms with van der Waals surface area (Å²) < 4.78 is 0. The van der Waals surface area contributed by atoms with Crippen LogP contribution < -0.4 is 16.5 Å². The highest BCUT2D eigenvalue weighted by atomic mass is 16.7. The molecule has 0 amide bonds. The van der Waals surface area contributed by atoms with Crippen LogP contribution in [0.2, 0.25) is 0 Å². The Morgan fingerprint density at radius 1 is 1.08 bits per heavy atom. The summed E-state index contributed by atoms with van der Waals surface area (Å²) >= 11 is 0. The van der Waals surface area contributed by atoms with E-state index in [0.29, 0.717) is 5.84 Å². The molecule has 1 aliphatic heterocycles. The second kappa shape index (κ2) is 6.09. The van der Waals surface area contributed by atoms with Crippen LogP contribution in [-0.2, 0) is 4.84 Å². The van der Waals surface area contributed by atoms with Crippen molar-refractivity contribution in [2.45, 2.75) is 52.6 Å². The summed E-state index contributed by atoms with van der Waals surface area (Å²) in [7, 11) is 0. The molecule has 134 valence electrons. The number of nitrogens with zero attached hydrogens (tertiary/aromatic N) is 1. The number of aliphatic imine (C=N–C) groups is 1. The van der Waals surface area contributed by atoms with E-state index in [0.717, 1.165) is 17.4 Å². The molecular weight excluding hydrogens is 312 g/mol. The molecular formula is C20H28N4O. The Bertz CT molecular complexity index is 807. The normalized spacial score (nSPS) is 21.3. The number of nitrogens with one attached hydrogen (secondary N) is 2. The predicted molar refractivity (Wildman–Crippen MR) is 103 cm³/mol. The summed E-state index contributed by atoms with van der Waals surface area (Å²) in [6, 6.07) is 14.4. The van der Waals surface area contributed by atoms with Crippen molar-refractivity contribution in [2.75, 3.05) is 0 Å². The van der Waals surface area contributed by atoms with E-state index in [4.69, 9.17) is 10.6 Å². The third-order valence-electron chi connectivity index (χ3n) is 4.09. The fourth-order valence-corrected chi connectivity index (χ4v) is 3.71. The molecule has 0 spiro atoms. The molecule has 25 heavy (non-hydrogen) atoms. The lowest BCUT2D eigenvalue weighted by atomic mass is 9.82. The van der Waals surface area contributed by atoms with Crippen molar-refractivity contribution in [1.29, 1.82) is 0 Å². The van der Waals surface area contributed by atoms with E-state index in [1.165, 1.54) is 5.39 Å². The van der Waals surface area contributed by atoms with Crippen LogP contribution in [0.25, 0.3) is 10.8 Å². The minimum absolute atomic E-state index is 0.170. The number of hydrogen-bond acceptors (Lipinski definition) is 5. The molecule has 1 heterocycles. The van der Waals surface area contributed by atoms with Crippen LogP contribution in [0, 0.1) is 5.41 Å². The number of hydrogen-bond donors (Lipinski definition) is 3. The smallest absolute Gasteiger partial charge is 0.269 e. The Morgan fingerprint density at radius 2 is 1.76 bits per heavy atom. The van der Waals surface area contributed by atoms with Crippen molar-refractivity contribution < 1.29 is 4.84 Å². The van der Waals surface area contributed by atoms with Crippen molar-refractivity contribution in [3.63, 3.8) is 0 Å². The van der Waals surface area contributed by atoms with Gasteiger partial charge in [0.05, 0.1) is 0 Å². The molecule has 0 aromatic heterocycles. The maximum Gasteiger partial charge on any atom is 0.299 e. The molecule has 0 fully saturated rings. The van der Waals surface area contributed by atoms with Gasteiger partial charge in [0.2, 0.25) is 0 Å². The van der Waals surface area contributed by atoms with Crippen molar-refractivity contribution in [3.05, 3.63) is 48.0 Å². The van der Waals surface area contributed by atoms with E-state index >= 15 is 0 Å². The average molecular weight is 340 g/mol. The van der Waals surface area contributed by atoms with Gasteiger partial charge in [-0.1, -0.05) is 57.2 Å². The first-order valence-electron chi connectivity index (χ1n) is 8.67. The maximum atomic E-state index is 6.32. The van der Waals surface area contributed by atoms with Gasteiger partial charge in [-0.3, -0.25) is 5.73 Å². The highest BCUT2D eigenvalue weighted by Gasteiger charge is 2.39. The topological polar surface area (TPSA) is 71.7 Å². The van der Waals surface area contributed by atoms with Gasteiger partial charge in [0.25, 0.3) is 5.97 Å². The van der Waals surface area contributed by atoms with Gasteiger partial charge in [-0.05, 0) is 42.5 Å². The van der Waals surface area contributed by atoms with E-state index in [-0.39, 0.29) is 11.0 Å². The van der Waals surface area contributed by atoms with Crippen LogP contribution in [0.15, 0.2) is 47.5 Å². The highest BCUT2D eigenvalue weighted by Crippen LogP contribution is 2.29. The largest absolute Gasteiger partial charge is 0.299 e. The van der Waals surface area contributed by atoms with Gasteiger partial charge in [0.15, 0.2) is 5.84 Å². The fraction of sp³-hybridized carbons (Fsp3) is 0.450. The van der Waals surface area contributed by atoms with Crippen LogP contribution in [0.4, 0.5) is 0 Å². The van der Waals surface area contributed by atoms with Gasteiger partial charge in [0, 0.05) is 11.1 Å². The van der Waals surface area contributed by atoms with E-state index < -0.39 is 5.97 Å². The minimum atomic E-state index is -1.28. The third-order valence-corrected chi connectivity index (χ3v) is 4.09. The predicted octanol–water partition coefficient (Wildman–Crippen LogP) is 3.50. The van der Waals surface area contributed by atoms with E-state index in [1.54, 1.807) is 0 Å². The second-order valence-electron chi connectivity index (χ2n) is 8.67.